The fraction of sp³-hybridized carbons (Fsp3) is 0.200. The van der Waals surface area contributed by atoms with Gasteiger partial charge in [-0.05, 0) is 36.6 Å². The number of rotatable bonds is 9. The first-order chi connectivity index (χ1) is 15.8. The lowest BCUT2D eigenvalue weighted by Gasteiger charge is -2.23. The SMILES string of the molecule is CC(NC(Cc1ccccc1)c1ccccc1)C(=O)NCC(=O)Nc1ccc(F)c(F)c1F. The molecule has 3 aromatic carbocycles. The Morgan fingerprint density at radius 1 is 0.848 bits per heavy atom. The molecule has 0 saturated carbocycles. The summed E-state index contributed by atoms with van der Waals surface area (Å²) in [6.07, 6.45) is 0.651. The van der Waals surface area contributed by atoms with E-state index >= 15 is 0 Å². The average molecular weight is 455 g/mol. The number of anilines is 1. The van der Waals surface area contributed by atoms with E-state index in [1.165, 1.54) is 0 Å². The Morgan fingerprint density at radius 3 is 2.15 bits per heavy atom. The maximum absolute atomic E-state index is 13.7. The molecule has 172 valence electrons. The van der Waals surface area contributed by atoms with Crippen molar-refractivity contribution in [3.05, 3.63) is 101 Å². The second-order valence-electron chi connectivity index (χ2n) is 7.53. The van der Waals surface area contributed by atoms with E-state index < -0.39 is 47.5 Å². The highest BCUT2D eigenvalue weighted by atomic mass is 19.2. The summed E-state index contributed by atoms with van der Waals surface area (Å²) in [5.74, 6) is -5.76. The monoisotopic (exact) mass is 455 g/mol. The molecule has 0 radical (unpaired) electrons. The highest BCUT2D eigenvalue weighted by Crippen LogP contribution is 2.20. The first-order valence-electron chi connectivity index (χ1n) is 10.4. The first kappa shape index (κ1) is 24.0. The molecular weight excluding hydrogens is 431 g/mol. The van der Waals surface area contributed by atoms with Crippen molar-refractivity contribution in [3.8, 4) is 0 Å². The zero-order valence-corrected chi connectivity index (χ0v) is 17.9. The van der Waals surface area contributed by atoms with Crippen LogP contribution < -0.4 is 16.0 Å². The quantitative estimate of drug-likeness (QED) is 0.425. The Kier molecular flexibility index (Phi) is 8.21. The van der Waals surface area contributed by atoms with Gasteiger partial charge < -0.3 is 10.6 Å². The van der Waals surface area contributed by atoms with Crippen LogP contribution in [0.15, 0.2) is 72.8 Å². The Balaban J connectivity index is 1.58. The van der Waals surface area contributed by atoms with Gasteiger partial charge in [0.05, 0.1) is 18.3 Å². The fourth-order valence-corrected chi connectivity index (χ4v) is 3.32. The molecule has 0 aliphatic heterocycles. The van der Waals surface area contributed by atoms with Crippen molar-refractivity contribution in [2.45, 2.75) is 25.4 Å². The minimum Gasteiger partial charge on any atom is -0.346 e. The number of amides is 2. The molecule has 0 aliphatic carbocycles. The minimum absolute atomic E-state index is 0.153. The lowest BCUT2D eigenvalue weighted by molar-refractivity contribution is -0.125. The third kappa shape index (κ3) is 6.66. The molecular formula is C25H24F3N3O2. The van der Waals surface area contributed by atoms with Crippen molar-refractivity contribution in [1.29, 1.82) is 0 Å². The summed E-state index contributed by atoms with van der Waals surface area (Å²) < 4.78 is 40.0. The molecule has 0 saturated heterocycles. The van der Waals surface area contributed by atoms with E-state index in [9.17, 15) is 22.8 Å². The van der Waals surface area contributed by atoms with Gasteiger partial charge in [0.2, 0.25) is 11.8 Å². The van der Waals surface area contributed by atoms with Crippen LogP contribution in [0.1, 0.15) is 24.1 Å². The van der Waals surface area contributed by atoms with Crippen molar-refractivity contribution in [3.63, 3.8) is 0 Å². The smallest absolute Gasteiger partial charge is 0.243 e. The molecule has 2 unspecified atom stereocenters. The van der Waals surface area contributed by atoms with Gasteiger partial charge >= 0.3 is 0 Å². The number of nitrogens with one attached hydrogen (secondary N) is 3. The van der Waals surface area contributed by atoms with Gasteiger partial charge in [0.15, 0.2) is 17.5 Å². The summed E-state index contributed by atoms with van der Waals surface area (Å²) in [4.78, 5) is 24.6. The molecule has 3 N–H and O–H groups in total. The number of halogens is 3. The van der Waals surface area contributed by atoms with Gasteiger partial charge in [-0.1, -0.05) is 60.7 Å². The number of benzene rings is 3. The van der Waals surface area contributed by atoms with Crippen molar-refractivity contribution in [2.24, 2.45) is 0 Å². The van der Waals surface area contributed by atoms with Crippen LogP contribution in [0.4, 0.5) is 18.9 Å². The maximum atomic E-state index is 13.7. The minimum atomic E-state index is -1.68. The summed E-state index contributed by atoms with van der Waals surface area (Å²) >= 11 is 0. The molecule has 8 heteroatoms. The fourth-order valence-electron chi connectivity index (χ4n) is 3.32. The van der Waals surface area contributed by atoms with Crippen molar-refractivity contribution >= 4 is 17.5 Å². The molecule has 3 aromatic rings. The lowest BCUT2D eigenvalue weighted by Crippen LogP contribution is -2.46. The van der Waals surface area contributed by atoms with Crippen LogP contribution in [0.5, 0.6) is 0 Å². The van der Waals surface area contributed by atoms with E-state index in [4.69, 9.17) is 0 Å². The second-order valence-corrected chi connectivity index (χ2v) is 7.53. The summed E-state index contributed by atoms with van der Waals surface area (Å²) in [7, 11) is 0. The van der Waals surface area contributed by atoms with Crippen molar-refractivity contribution in [1.82, 2.24) is 10.6 Å². The van der Waals surface area contributed by atoms with E-state index in [-0.39, 0.29) is 6.04 Å². The third-order valence-corrected chi connectivity index (χ3v) is 5.06. The topological polar surface area (TPSA) is 70.2 Å². The van der Waals surface area contributed by atoms with Gasteiger partial charge in [-0.25, -0.2) is 13.2 Å². The zero-order valence-electron chi connectivity index (χ0n) is 17.9. The van der Waals surface area contributed by atoms with Gasteiger partial charge in [-0.3, -0.25) is 14.9 Å². The van der Waals surface area contributed by atoms with Crippen LogP contribution in [0.25, 0.3) is 0 Å². The molecule has 3 rings (SSSR count). The van der Waals surface area contributed by atoms with Crippen LogP contribution in [0.2, 0.25) is 0 Å². The lowest BCUT2D eigenvalue weighted by atomic mass is 9.98. The van der Waals surface area contributed by atoms with E-state index in [0.29, 0.717) is 12.5 Å². The maximum Gasteiger partial charge on any atom is 0.243 e. The molecule has 0 heterocycles. The average Bonchev–Trinajstić information content (AvgIpc) is 2.83. The molecule has 0 aliphatic rings. The van der Waals surface area contributed by atoms with Gasteiger partial charge in [-0.15, -0.1) is 0 Å². The predicted octanol–water partition coefficient (Wildman–Crippen LogP) is 4.12. The van der Waals surface area contributed by atoms with E-state index in [0.717, 1.165) is 17.2 Å². The normalized spacial score (nSPS) is 12.6. The van der Waals surface area contributed by atoms with Crippen molar-refractivity contribution < 1.29 is 22.8 Å². The summed E-state index contributed by atoms with van der Waals surface area (Å²) in [6, 6.07) is 20.3. The summed E-state index contributed by atoms with van der Waals surface area (Å²) in [5.41, 5.74) is 1.60. The Labute approximate surface area is 190 Å². The van der Waals surface area contributed by atoms with Crippen LogP contribution in [0.3, 0.4) is 0 Å². The highest BCUT2D eigenvalue weighted by Gasteiger charge is 2.21. The van der Waals surface area contributed by atoms with E-state index in [2.05, 4.69) is 16.0 Å². The number of hydrogen-bond acceptors (Lipinski definition) is 3. The molecule has 2 atom stereocenters. The zero-order chi connectivity index (χ0) is 23.8. The molecule has 0 aromatic heterocycles. The third-order valence-electron chi connectivity index (χ3n) is 5.06. The highest BCUT2D eigenvalue weighted by molar-refractivity contribution is 5.95. The molecule has 5 nitrogen and oxygen atoms in total. The summed E-state index contributed by atoms with van der Waals surface area (Å²) in [6.45, 7) is 1.21. The molecule has 0 spiro atoms. The summed E-state index contributed by atoms with van der Waals surface area (Å²) in [5, 5.41) is 7.86. The Bertz CT molecular complexity index is 1090. The van der Waals surface area contributed by atoms with Crippen LogP contribution in [0, 0.1) is 17.5 Å². The number of carbonyl (C=O) groups is 2. The van der Waals surface area contributed by atoms with Crippen LogP contribution in [-0.2, 0) is 16.0 Å². The standard InChI is InChI=1S/C25H24F3N3O2/c1-16(25(33)29-15-22(32)31-20-13-12-19(26)23(27)24(20)28)30-21(18-10-6-3-7-11-18)14-17-8-4-2-5-9-17/h2-13,16,21,30H,14-15H2,1H3,(H,29,33)(H,31,32). The van der Waals surface area contributed by atoms with Gasteiger partial charge in [0.1, 0.15) is 0 Å². The van der Waals surface area contributed by atoms with Gasteiger partial charge in [0, 0.05) is 6.04 Å². The van der Waals surface area contributed by atoms with Gasteiger partial charge in [-0.2, -0.15) is 0 Å². The Hall–Kier alpha value is -3.65. The molecule has 0 bridgehead atoms. The van der Waals surface area contributed by atoms with Gasteiger partial charge in [0.25, 0.3) is 0 Å². The first-order valence-corrected chi connectivity index (χ1v) is 10.4. The van der Waals surface area contributed by atoms with E-state index in [1.807, 2.05) is 60.7 Å². The largest absolute Gasteiger partial charge is 0.346 e. The van der Waals surface area contributed by atoms with E-state index in [1.54, 1.807) is 6.92 Å². The number of hydrogen-bond donors (Lipinski definition) is 3. The van der Waals surface area contributed by atoms with Crippen LogP contribution in [-0.4, -0.2) is 24.4 Å². The Morgan fingerprint density at radius 2 is 1.48 bits per heavy atom. The second kappa shape index (κ2) is 11.3. The molecule has 0 fully saturated rings. The number of carbonyl (C=O) groups excluding carboxylic acids is 2. The molecule has 33 heavy (non-hydrogen) atoms. The predicted molar refractivity (Wildman–Crippen MR) is 120 cm³/mol. The molecule has 2 amide bonds. The van der Waals surface area contributed by atoms with Crippen molar-refractivity contribution in [2.75, 3.05) is 11.9 Å². The van der Waals surface area contributed by atoms with Crippen LogP contribution >= 0.6 is 0 Å².